The largest absolute Gasteiger partial charge is 0.378 e. The number of para-hydroxylation sites is 1. The number of benzene rings is 2. The number of nitrogens with zero attached hydrogens (tertiary/aromatic N) is 2. The Morgan fingerprint density at radius 2 is 1.75 bits per heavy atom. The molecule has 0 bridgehead atoms. The Morgan fingerprint density at radius 1 is 1.00 bits per heavy atom. The highest BCUT2D eigenvalue weighted by Gasteiger charge is 2.39. The van der Waals surface area contributed by atoms with Crippen molar-refractivity contribution in [1.82, 2.24) is 5.32 Å². The van der Waals surface area contributed by atoms with Gasteiger partial charge in [0.25, 0.3) is 5.24 Å². The number of thioether (sulfide) groups is 2. The summed E-state index contributed by atoms with van der Waals surface area (Å²) in [6.45, 7) is 0. The molecular formula is C18H17N3OS2. The van der Waals surface area contributed by atoms with Crippen LogP contribution in [0, 0.1) is 0 Å². The van der Waals surface area contributed by atoms with Gasteiger partial charge in [0.05, 0.1) is 16.2 Å². The zero-order valence-electron chi connectivity index (χ0n) is 13.4. The maximum absolute atomic E-state index is 11.9. The molecule has 4 rings (SSSR count). The Labute approximate surface area is 149 Å². The van der Waals surface area contributed by atoms with Crippen molar-refractivity contribution >= 4 is 46.0 Å². The number of amides is 1. The van der Waals surface area contributed by atoms with Crippen molar-refractivity contribution < 1.29 is 4.79 Å². The van der Waals surface area contributed by atoms with Crippen LogP contribution in [0.4, 0.5) is 16.2 Å². The molecule has 1 fully saturated rings. The first kappa shape index (κ1) is 15.6. The van der Waals surface area contributed by atoms with Gasteiger partial charge in [0, 0.05) is 24.7 Å². The predicted octanol–water partition coefficient (Wildman–Crippen LogP) is 4.45. The Morgan fingerprint density at radius 3 is 2.50 bits per heavy atom. The lowest BCUT2D eigenvalue weighted by Gasteiger charge is -2.21. The van der Waals surface area contributed by atoms with Gasteiger partial charge in [-0.25, -0.2) is 4.99 Å². The molecule has 2 aromatic rings. The molecule has 4 nitrogen and oxygen atoms in total. The minimum absolute atomic E-state index is 0.0140. The molecule has 0 radical (unpaired) electrons. The quantitative estimate of drug-likeness (QED) is 0.864. The predicted molar refractivity (Wildman–Crippen MR) is 103 cm³/mol. The van der Waals surface area contributed by atoms with E-state index in [0.29, 0.717) is 0 Å². The first-order chi connectivity index (χ1) is 11.6. The van der Waals surface area contributed by atoms with E-state index in [-0.39, 0.29) is 15.7 Å². The average molecular weight is 355 g/mol. The van der Waals surface area contributed by atoms with E-state index in [1.165, 1.54) is 23.0 Å². The fraction of sp³-hybridized carbons (Fsp3) is 0.222. The summed E-state index contributed by atoms with van der Waals surface area (Å²) in [6.07, 6.45) is 0. The molecule has 2 atom stereocenters. The lowest BCUT2D eigenvalue weighted by Crippen LogP contribution is -2.27. The molecule has 2 aromatic carbocycles. The summed E-state index contributed by atoms with van der Waals surface area (Å²) >= 11 is 3.12. The maximum atomic E-state index is 11.9. The number of aliphatic imine (C=N–C) groups is 1. The number of hydrogen-bond donors (Lipinski definition) is 1. The lowest BCUT2D eigenvalue weighted by atomic mass is 10.1. The minimum Gasteiger partial charge on any atom is -0.378 e. The summed E-state index contributed by atoms with van der Waals surface area (Å²) in [7, 11) is 4.07. The average Bonchev–Trinajstić information content (AvgIpc) is 2.86. The Hall–Kier alpha value is -1.92. The first-order valence-electron chi connectivity index (χ1n) is 7.71. The van der Waals surface area contributed by atoms with E-state index >= 15 is 0 Å². The molecule has 1 amide bonds. The second-order valence-electron chi connectivity index (χ2n) is 5.94. The summed E-state index contributed by atoms with van der Waals surface area (Å²) in [5.74, 6) is 0.768. The molecule has 2 heterocycles. The van der Waals surface area contributed by atoms with Crippen LogP contribution in [0.2, 0.25) is 0 Å². The number of carbonyl (C=O) groups excluding carboxylic acids is 1. The van der Waals surface area contributed by atoms with Crippen molar-refractivity contribution in [1.29, 1.82) is 0 Å². The Balaban J connectivity index is 1.76. The van der Waals surface area contributed by atoms with E-state index in [9.17, 15) is 4.79 Å². The van der Waals surface area contributed by atoms with Gasteiger partial charge in [-0.3, -0.25) is 4.79 Å². The fourth-order valence-electron chi connectivity index (χ4n) is 2.86. The van der Waals surface area contributed by atoms with E-state index in [0.717, 1.165) is 16.4 Å². The van der Waals surface area contributed by atoms with Crippen LogP contribution < -0.4 is 10.2 Å². The number of anilines is 1. The zero-order chi connectivity index (χ0) is 16.7. The third kappa shape index (κ3) is 2.80. The number of nitrogens with one attached hydrogen (secondary N) is 1. The van der Waals surface area contributed by atoms with Gasteiger partial charge < -0.3 is 10.2 Å². The van der Waals surface area contributed by atoms with Crippen LogP contribution in [-0.4, -0.2) is 30.4 Å². The van der Waals surface area contributed by atoms with Gasteiger partial charge in [-0.2, -0.15) is 0 Å². The van der Waals surface area contributed by atoms with Crippen molar-refractivity contribution in [3.8, 4) is 0 Å². The molecule has 1 saturated heterocycles. The van der Waals surface area contributed by atoms with Gasteiger partial charge in [-0.05, 0) is 29.8 Å². The van der Waals surface area contributed by atoms with Crippen LogP contribution in [0.25, 0.3) is 0 Å². The van der Waals surface area contributed by atoms with Gasteiger partial charge in [0.15, 0.2) is 0 Å². The molecule has 2 unspecified atom stereocenters. The highest BCUT2D eigenvalue weighted by molar-refractivity contribution is 8.16. The lowest BCUT2D eigenvalue weighted by molar-refractivity contribution is 0.265. The molecular weight excluding hydrogens is 338 g/mol. The highest BCUT2D eigenvalue weighted by atomic mass is 32.2. The molecule has 122 valence electrons. The Kier molecular flexibility index (Phi) is 4.02. The van der Waals surface area contributed by atoms with Gasteiger partial charge in [-0.1, -0.05) is 36.0 Å². The SMILES string of the molecule is CN(C)c1ccc(C2Sc3ccccc3N=C3NC(=O)SC32)cc1. The second-order valence-corrected chi connectivity index (χ2v) is 8.24. The highest BCUT2D eigenvalue weighted by Crippen LogP contribution is 2.49. The Bertz CT molecular complexity index is 817. The van der Waals surface area contributed by atoms with Crippen LogP contribution in [-0.2, 0) is 0 Å². The second kappa shape index (κ2) is 6.18. The molecule has 6 heteroatoms. The molecule has 1 N–H and O–H groups in total. The van der Waals surface area contributed by atoms with Crippen molar-refractivity contribution in [2.75, 3.05) is 19.0 Å². The van der Waals surface area contributed by atoms with E-state index < -0.39 is 0 Å². The minimum atomic E-state index is -0.0198. The number of fused-ring (bicyclic) bond motifs is 2. The summed E-state index contributed by atoms with van der Waals surface area (Å²) in [5, 5.41) is 3.06. The van der Waals surface area contributed by atoms with Gasteiger partial charge >= 0.3 is 0 Å². The molecule has 0 aromatic heterocycles. The number of rotatable bonds is 2. The summed E-state index contributed by atoms with van der Waals surface area (Å²) < 4.78 is 0. The third-order valence-corrected chi connectivity index (χ3v) is 6.74. The molecule has 0 spiro atoms. The van der Waals surface area contributed by atoms with E-state index in [2.05, 4.69) is 40.5 Å². The van der Waals surface area contributed by atoms with E-state index in [4.69, 9.17) is 4.99 Å². The van der Waals surface area contributed by atoms with Gasteiger partial charge in [-0.15, -0.1) is 11.8 Å². The molecule has 2 aliphatic rings. The summed E-state index contributed by atoms with van der Waals surface area (Å²) in [6, 6.07) is 16.7. The molecule has 0 saturated carbocycles. The maximum Gasteiger partial charge on any atom is 0.285 e. The monoisotopic (exact) mass is 355 g/mol. The molecule has 0 aliphatic carbocycles. The van der Waals surface area contributed by atoms with Crippen LogP contribution >= 0.6 is 23.5 Å². The summed E-state index contributed by atoms with van der Waals surface area (Å²) in [4.78, 5) is 19.9. The van der Waals surface area contributed by atoms with Gasteiger partial charge in [0.1, 0.15) is 5.84 Å². The zero-order valence-corrected chi connectivity index (χ0v) is 15.0. The van der Waals surface area contributed by atoms with Crippen molar-refractivity contribution in [3.63, 3.8) is 0 Å². The number of amidine groups is 1. The van der Waals surface area contributed by atoms with Crippen LogP contribution in [0.3, 0.4) is 0 Å². The topological polar surface area (TPSA) is 44.7 Å². The smallest absolute Gasteiger partial charge is 0.285 e. The normalized spacial score (nSPS) is 22.1. The van der Waals surface area contributed by atoms with Crippen molar-refractivity contribution in [3.05, 3.63) is 54.1 Å². The molecule has 2 aliphatic heterocycles. The third-order valence-electron chi connectivity index (χ3n) is 4.11. The van der Waals surface area contributed by atoms with E-state index in [1.54, 1.807) is 11.8 Å². The standard InChI is InChI=1S/C18H17N3OS2/c1-21(2)12-9-7-11(8-10-12)15-16-17(20-18(22)24-16)19-13-5-3-4-6-14(13)23-15/h3-10,15-16H,1-2H3,(H,19,20,22). The van der Waals surface area contributed by atoms with Crippen LogP contribution in [0.15, 0.2) is 58.4 Å². The van der Waals surface area contributed by atoms with Crippen molar-refractivity contribution in [2.45, 2.75) is 15.4 Å². The van der Waals surface area contributed by atoms with E-state index in [1.807, 2.05) is 32.3 Å². The van der Waals surface area contributed by atoms with Crippen LogP contribution in [0.1, 0.15) is 10.8 Å². The fourth-order valence-corrected chi connectivity index (χ4v) is 5.30. The van der Waals surface area contributed by atoms with Crippen molar-refractivity contribution in [2.24, 2.45) is 4.99 Å². The number of hydrogen-bond acceptors (Lipinski definition) is 5. The summed E-state index contributed by atoms with van der Waals surface area (Å²) in [5.41, 5.74) is 3.31. The van der Waals surface area contributed by atoms with Crippen LogP contribution in [0.5, 0.6) is 0 Å². The molecule has 24 heavy (non-hydrogen) atoms. The van der Waals surface area contributed by atoms with Gasteiger partial charge in [0.2, 0.25) is 0 Å². The number of carbonyl (C=O) groups is 1. The first-order valence-corrected chi connectivity index (χ1v) is 9.47.